The minimum atomic E-state index is -0.146. The Balaban J connectivity index is 2.91. The zero-order chi connectivity index (χ0) is 9.84. The lowest BCUT2D eigenvalue weighted by Crippen LogP contribution is -2.16. The molecule has 1 unspecified atom stereocenters. The zero-order valence-corrected chi connectivity index (χ0v) is 10.2. The number of rotatable bonds is 3. The average Bonchev–Trinajstić information content (AvgIpc) is 2.09. The van der Waals surface area contributed by atoms with E-state index in [2.05, 4.69) is 22.6 Å². The van der Waals surface area contributed by atoms with Gasteiger partial charge in [0.1, 0.15) is 0 Å². The van der Waals surface area contributed by atoms with E-state index in [0.29, 0.717) is 11.6 Å². The predicted molar refractivity (Wildman–Crippen MR) is 63.0 cm³/mol. The maximum Gasteiger partial charge on any atom is 0.0656 e. The summed E-state index contributed by atoms with van der Waals surface area (Å²) in [6.07, 6.45) is 0. The van der Waals surface area contributed by atoms with Crippen LogP contribution in [0.2, 0.25) is 5.02 Å². The molecule has 72 valence electrons. The summed E-state index contributed by atoms with van der Waals surface area (Å²) in [6.45, 7) is 0.486. The van der Waals surface area contributed by atoms with Gasteiger partial charge in [-0.2, -0.15) is 0 Å². The molecule has 0 heterocycles. The second kappa shape index (κ2) is 5.14. The quantitative estimate of drug-likeness (QED) is 0.871. The Labute approximate surface area is 96.5 Å². The predicted octanol–water partition coefficient (Wildman–Crippen LogP) is 2.59. The van der Waals surface area contributed by atoms with Gasteiger partial charge in [0.15, 0.2) is 0 Å². The smallest absolute Gasteiger partial charge is 0.0656 e. The normalized spacial score (nSPS) is 12.9. The van der Waals surface area contributed by atoms with Crippen molar-refractivity contribution >= 4 is 34.2 Å². The van der Waals surface area contributed by atoms with Crippen molar-refractivity contribution in [1.82, 2.24) is 0 Å². The third-order valence-electron chi connectivity index (χ3n) is 1.70. The number of nitrogens with two attached hydrogens (primary N) is 1. The molecule has 0 aliphatic carbocycles. The Kier molecular flexibility index (Phi) is 4.45. The van der Waals surface area contributed by atoms with Gasteiger partial charge in [-0.3, -0.25) is 0 Å². The summed E-state index contributed by atoms with van der Waals surface area (Å²) < 4.78 is 6.10. The van der Waals surface area contributed by atoms with Gasteiger partial charge in [-0.1, -0.05) is 11.6 Å². The molecular weight excluding hydrogens is 300 g/mol. The maximum atomic E-state index is 5.99. The van der Waals surface area contributed by atoms with Crippen molar-refractivity contribution in [1.29, 1.82) is 0 Å². The molecule has 0 fully saturated rings. The van der Waals surface area contributed by atoms with Gasteiger partial charge >= 0.3 is 0 Å². The summed E-state index contributed by atoms with van der Waals surface area (Å²) in [4.78, 5) is 0. The van der Waals surface area contributed by atoms with Gasteiger partial charge < -0.3 is 10.5 Å². The molecule has 1 aromatic rings. The Morgan fingerprint density at radius 1 is 1.62 bits per heavy atom. The average molecular weight is 312 g/mol. The summed E-state index contributed by atoms with van der Waals surface area (Å²) in [5, 5.41) is 0.699. The highest BCUT2D eigenvalue weighted by molar-refractivity contribution is 14.1. The van der Waals surface area contributed by atoms with Crippen molar-refractivity contribution in [2.24, 2.45) is 5.73 Å². The molecule has 1 atom stereocenters. The fourth-order valence-corrected chi connectivity index (χ4v) is 1.84. The molecule has 0 amide bonds. The van der Waals surface area contributed by atoms with E-state index in [4.69, 9.17) is 22.1 Å². The highest BCUT2D eigenvalue weighted by atomic mass is 127. The third kappa shape index (κ3) is 3.09. The topological polar surface area (TPSA) is 35.2 Å². The second-order valence-electron chi connectivity index (χ2n) is 2.73. The summed E-state index contributed by atoms with van der Waals surface area (Å²) in [7, 11) is 1.63. The number of hydrogen-bond acceptors (Lipinski definition) is 2. The van der Waals surface area contributed by atoms with E-state index < -0.39 is 0 Å². The lowest BCUT2D eigenvalue weighted by atomic mass is 10.1. The lowest BCUT2D eigenvalue weighted by Gasteiger charge is -2.12. The van der Waals surface area contributed by atoms with Crippen LogP contribution in [-0.4, -0.2) is 13.7 Å². The molecule has 0 aliphatic heterocycles. The molecule has 4 heteroatoms. The molecule has 0 saturated heterocycles. The van der Waals surface area contributed by atoms with E-state index in [1.165, 1.54) is 0 Å². The minimum absolute atomic E-state index is 0.146. The van der Waals surface area contributed by atoms with E-state index in [-0.39, 0.29) is 6.04 Å². The molecular formula is C9H11ClINO. The Morgan fingerprint density at radius 2 is 2.31 bits per heavy atom. The summed E-state index contributed by atoms with van der Waals surface area (Å²) >= 11 is 8.22. The van der Waals surface area contributed by atoms with Crippen molar-refractivity contribution in [3.8, 4) is 0 Å². The third-order valence-corrected chi connectivity index (χ3v) is 2.72. The maximum absolute atomic E-state index is 5.99. The van der Waals surface area contributed by atoms with Gasteiger partial charge in [0.2, 0.25) is 0 Å². The Bertz CT molecular complexity index is 293. The fourth-order valence-electron chi connectivity index (χ4n) is 1.07. The van der Waals surface area contributed by atoms with Gasteiger partial charge in [-0.15, -0.1) is 0 Å². The Hall–Kier alpha value is 0.160. The van der Waals surface area contributed by atoms with Crippen LogP contribution in [0.15, 0.2) is 18.2 Å². The molecule has 0 aromatic heterocycles. The van der Waals surface area contributed by atoms with Crippen LogP contribution in [0.25, 0.3) is 0 Å². The molecule has 1 aromatic carbocycles. The number of ether oxygens (including phenoxy) is 1. The number of halogens is 2. The summed E-state index contributed by atoms with van der Waals surface area (Å²) in [5.41, 5.74) is 6.80. The van der Waals surface area contributed by atoms with E-state index in [9.17, 15) is 0 Å². The highest BCUT2D eigenvalue weighted by Crippen LogP contribution is 2.23. The fraction of sp³-hybridized carbons (Fsp3) is 0.333. The minimum Gasteiger partial charge on any atom is -0.383 e. The Morgan fingerprint density at radius 3 is 2.92 bits per heavy atom. The standard InChI is InChI=1S/C9H11ClINO/c1-13-5-9(12)7-4-6(11)2-3-8(7)10/h2-4,9H,5,12H2,1H3. The first-order valence-electron chi connectivity index (χ1n) is 3.84. The molecule has 1 rings (SSSR count). The van der Waals surface area contributed by atoms with Gasteiger partial charge in [0.05, 0.1) is 12.6 Å². The second-order valence-corrected chi connectivity index (χ2v) is 4.38. The summed E-state index contributed by atoms with van der Waals surface area (Å²) in [5.74, 6) is 0. The van der Waals surface area contributed by atoms with Crippen LogP contribution in [0.3, 0.4) is 0 Å². The zero-order valence-electron chi connectivity index (χ0n) is 7.26. The van der Waals surface area contributed by atoms with Crippen molar-refractivity contribution in [3.63, 3.8) is 0 Å². The first-order chi connectivity index (χ1) is 6.15. The van der Waals surface area contributed by atoms with Crippen molar-refractivity contribution in [2.45, 2.75) is 6.04 Å². The largest absolute Gasteiger partial charge is 0.383 e. The van der Waals surface area contributed by atoms with Gasteiger partial charge in [0.25, 0.3) is 0 Å². The highest BCUT2D eigenvalue weighted by Gasteiger charge is 2.09. The molecule has 0 radical (unpaired) electrons. The SMILES string of the molecule is COCC(N)c1cc(I)ccc1Cl. The number of benzene rings is 1. The van der Waals surface area contributed by atoms with Crippen LogP contribution in [0.4, 0.5) is 0 Å². The molecule has 2 nitrogen and oxygen atoms in total. The molecule has 0 bridgehead atoms. The van der Waals surface area contributed by atoms with Crippen LogP contribution >= 0.6 is 34.2 Å². The van der Waals surface area contributed by atoms with E-state index in [1.54, 1.807) is 7.11 Å². The molecule has 13 heavy (non-hydrogen) atoms. The van der Waals surface area contributed by atoms with Crippen molar-refractivity contribution in [3.05, 3.63) is 32.4 Å². The lowest BCUT2D eigenvalue weighted by molar-refractivity contribution is 0.181. The summed E-state index contributed by atoms with van der Waals surface area (Å²) in [6, 6.07) is 5.64. The van der Waals surface area contributed by atoms with Crippen molar-refractivity contribution in [2.75, 3.05) is 13.7 Å². The van der Waals surface area contributed by atoms with Crippen LogP contribution in [-0.2, 0) is 4.74 Å². The van der Waals surface area contributed by atoms with Gasteiger partial charge in [-0.05, 0) is 46.4 Å². The van der Waals surface area contributed by atoms with Gasteiger partial charge in [-0.25, -0.2) is 0 Å². The van der Waals surface area contributed by atoms with E-state index in [1.807, 2.05) is 18.2 Å². The van der Waals surface area contributed by atoms with E-state index >= 15 is 0 Å². The van der Waals surface area contributed by atoms with Crippen LogP contribution in [0, 0.1) is 3.57 Å². The number of hydrogen-bond donors (Lipinski definition) is 1. The first kappa shape index (κ1) is 11.2. The van der Waals surface area contributed by atoms with Crippen molar-refractivity contribution < 1.29 is 4.74 Å². The monoisotopic (exact) mass is 311 g/mol. The molecule has 0 aliphatic rings. The first-order valence-corrected chi connectivity index (χ1v) is 5.30. The number of methoxy groups -OCH3 is 1. The van der Waals surface area contributed by atoms with Crippen LogP contribution < -0.4 is 5.73 Å². The molecule has 0 spiro atoms. The molecule has 0 saturated carbocycles. The van der Waals surface area contributed by atoms with Gasteiger partial charge in [0, 0.05) is 15.7 Å². The van der Waals surface area contributed by atoms with Crippen LogP contribution in [0.1, 0.15) is 11.6 Å². The molecule has 2 N–H and O–H groups in total. The van der Waals surface area contributed by atoms with Crippen LogP contribution in [0.5, 0.6) is 0 Å². The van der Waals surface area contributed by atoms with E-state index in [0.717, 1.165) is 9.13 Å².